The molecule has 0 amide bonds. The van der Waals surface area contributed by atoms with Crippen molar-refractivity contribution in [1.82, 2.24) is 0 Å². The summed E-state index contributed by atoms with van der Waals surface area (Å²) in [6, 6.07) is 48.0. The fourth-order valence-corrected chi connectivity index (χ4v) is 18.1. The first kappa shape index (κ1) is 60.6. The summed E-state index contributed by atoms with van der Waals surface area (Å²) in [5, 5.41) is 14.4. The first-order valence-corrected chi connectivity index (χ1v) is 32.3. The van der Waals surface area contributed by atoms with Gasteiger partial charge in [-0.05, 0) is 122 Å². The number of epoxide rings is 2. The molecule has 0 aliphatic carbocycles. The summed E-state index contributed by atoms with van der Waals surface area (Å²) in [6.07, 6.45) is 6.81. The van der Waals surface area contributed by atoms with Crippen molar-refractivity contribution in [2.24, 2.45) is 5.92 Å². The monoisotopic (exact) mass is 1140 g/mol. The maximum atomic E-state index is 12.0. The minimum absolute atomic E-state index is 0.00828. The fraction of sp³-hybridized carbons (Fsp3) is 0.565. The summed E-state index contributed by atoms with van der Waals surface area (Å²) in [5.74, 6) is 1.12. The van der Waals surface area contributed by atoms with E-state index in [0.29, 0.717) is 58.7 Å². The average Bonchev–Trinajstić information content (AvgIpc) is 2.92. The highest BCUT2D eigenvalue weighted by Crippen LogP contribution is 2.52. The molecule has 5 saturated heterocycles. The summed E-state index contributed by atoms with van der Waals surface area (Å²) < 4.78 is 72.3. The van der Waals surface area contributed by atoms with E-state index in [1.54, 1.807) is 14.2 Å². The van der Waals surface area contributed by atoms with Crippen LogP contribution in [-0.4, -0.2) is 112 Å². The molecular weight excluding hydrogens is 1050 g/mol. The van der Waals surface area contributed by atoms with Crippen molar-refractivity contribution in [3.05, 3.63) is 156 Å². The van der Waals surface area contributed by atoms with Crippen molar-refractivity contribution in [1.29, 1.82) is 0 Å². The molecule has 1 spiro atoms. The van der Waals surface area contributed by atoms with Crippen LogP contribution in [0.15, 0.2) is 140 Å². The summed E-state index contributed by atoms with van der Waals surface area (Å²) >= 11 is 0. The number of aliphatic hydroxyl groups excluding tert-OH is 1. The molecule has 13 heteroatoms. The summed E-state index contributed by atoms with van der Waals surface area (Å²) in [4.78, 5) is 0. The van der Waals surface area contributed by atoms with E-state index in [1.165, 1.54) is 10.4 Å². The smallest absolute Gasteiger partial charge is 0.261 e. The predicted molar refractivity (Wildman–Crippen MR) is 321 cm³/mol. The topological polar surface area (TPSA) is 128 Å². The minimum atomic E-state index is -2.70. The van der Waals surface area contributed by atoms with Gasteiger partial charge >= 0.3 is 0 Å². The molecule has 5 fully saturated rings. The van der Waals surface area contributed by atoms with Crippen LogP contribution in [0.4, 0.5) is 0 Å². The molecule has 0 radical (unpaired) electrons. The number of methoxy groups -OCH3 is 2. The number of benzene rings is 5. The Morgan fingerprint density at radius 1 is 0.659 bits per heavy atom. The molecule has 3 unspecified atom stereocenters. The maximum Gasteiger partial charge on any atom is 0.261 e. The van der Waals surface area contributed by atoms with Crippen LogP contribution < -0.4 is 19.8 Å². The molecule has 5 aromatic rings. The van der Waals surface area contributed by atoms with E-state index in [9.17, 15) is 5.11 Å². The van der Waals surface area contributed by atoms with Gasteiger partial charge in [-0.3, -0.25) is 0 Å². The molecule has 5 heterocycles. The highest BCUT2D eigenvalue weighted by molar-refractivity contribution is 6.99. The third kappa shape index (κ3) is 14.6. The van der Waals surface area contributed by atoms with Gasteiger partial charge in [0.05, 0.1) is 94.1 Å². The number of aliphatic hydroxyl groups is 1. The molecule has 10 rings (SSSR count). The van der Waals surface area contributed by atoms with E-state index in [0.717, 1.165) is 73.1 Å². The normalized spacial score (nSPS) is 29.0. The van der Waals surface area contributed by atoms with Crippen molar-refractivity contribution in [2.75, 3.05) is 27.4 Å². The molecule has 82 heavy (non-hydrogen) atoms. The standard InChI is InChI=1S/C69H92O12Si/c1-49(44-76-82(65(2,3)4,55-22-15-11-16-23-55)56-24-17-12-18-25-56)58-26-19-38-69(79-58)41-37-61(80-69)64-68(7,81-64)42-57(70)63-62(77-63)43-66(5,75-47-52-29-33-54(72-9)34-30-52)39-35-59(74-46-51-27-31-53(71-8)32-28-51)60-36-40-67(6,78-60)48-73-45-50-20-13-10-14-21-50/h10-18,20-25,27-34,49,57-64,70H,19,26,35-48H2,1-9H3/t49-,57?,58-,59+,60+,61-,62?,63?,64-,66-,67+,68-,69-/m0/s1. The minimum Gasteiger partial charge on any atom is -0.497 e. The number of ether oxygens (including phenoxy) is 10. The van der Waals surface area contributed by atoms with Crippen LogP contribution in [-0.2, 0) is 62.1 Å². The van der Waals surface area contributed by atoms with Crippen molar-refractivity contribution in [3.63, 3.8) is 0 Å². The van der Waals surface area contributed by atoms with Crippen molar-refractivity contribution >= 4 is 18.7 Å². The fourth-order valence-electron chi connectivity index (χ4n) is 13.5. The third-order valence-electron chi connectivity index (χ3n) is 18.4. The quantitative estimate of drug-likeness (QED) is 0.0378. The van der Waals surface area contributed by atoms with E-state index in [1.807, 2.05) is 66.7 Å². The molecule has 5 aromatic carbocycles. The summed E-state index contributed by atoms with van der Waals surface area (Å²) in [7, 11) is 0.650. The van der Waals surface area contributed by atoms with Crippen LogP contribution in [0.5, 0.6) is 11.5 Å². The Morgan fingerprint density at radius 2 is 1.27 bits per heavy atom. The largest absolute Gasteiger partial charge is 0.497 e. The van der Waals surface area contributed by atoms with Gasteiger partial charge in [0.25, 0.3) is 8.32 Å². The van der Waals surface area contributed by atoms with Crippen molar-refractivity contribution in [2.45, 2.75) is 215 Å². The molecule has 0 aromatic heterocycles. The molecule has 0 bridgehead atoms. The highest BCUT2D eigenvalue weighted by atomic mass is 28.4. The van der Waals surface area contributed by atoms with Gasteiger partial charge in [0.15, 0.2) is 5.79 Å². The Kier molecular flexibility index (Phi) is 19.2. The van der Waals surface area contributed by atoms with Crippen LogP contribution in [0.3, 0.4) is 0 Å². The Bertz CT molecular complexity index is 2730. The zero-order valence-electron chi connectivity index (χ0n) is 50.2. The van der Waals surface area contributed by atoms with Gasteiger partial charge in [-0.2, -0.15) is 0 Å². The van der Waals surface area contributed by atoms with Crippen LogP contribution in [0.2, 0.25) is 5.04 Å². The van der Waals surface area contributed by atoms with Crippen LogP contribution in [0, 0.1) is 5.92 Å². The molecule has 444 valence electrons. The SMILES string of the molecule is COc1ccc(CO[C@H](CC[C@@](C)(CC2OC2C(O)C[C@]2(C)O[C@H]2[C@@H]2CC[C@]3(CCC[C@@H]([C@@H](C)CO[Si](c4ccccc4)(c4ccccc4)C(C)(C)C)O3)O2)OCc2ccc(OC)cc2)[C@H]2CC[C@](C)(COCc3ccccc3)O2)cc1. The summed E-state index contributed by atoms with van der Waals surface area (Å²) in [5.41, 5.74) is 1.63. The number of rotatable bonds is 28. The van der Waals surface area contributed by atoms with E-state index < -0.39 is 37.0 Å². The van der Waals surface area contributed by atoms with Gasteiger partial charge in [0.2, 0.25) is 0 Å². The predicted octanol–water partition coefficient (Wildman–Crippen LogP) is 12.2. The molecule has 1 N–H and O–H groups in total. The lowest BCUT2D eigenvalue weighted by Gasteiger charge is -2.45. The van der Waals surface area contributed by atoms with Gasteiger partial charge in [-0.15, -0.1) is 0 Å². The van der Waals surface area contributed by atoms with Gasteiger partial charge < -0.3 is 56.9 Å². The third-order valence-corrected chi connectivity index (χ3v) is 23.4. The molecule has 13 atom stereocenters. The second-order valence-corrected chi connectivity index (χ2v) is 30.3. The second-order valence-electron chi connectivity index (χ2n) is 26.0. The lowest BCUT2D eigenvalue weighted by Crippen LogP contribution is -2.67. The Balaban J connectivity index is 0.756. The Hall–Kier alpha value is -4.48. The molecule has 5 aliphatic heterocycles. The van der Waals surface area contributed by atoms with Crippen LogP contribution in [0.25, 0.3) is 0 Å². The van der Waals surface area contributed by atoms with Crippen LogP contribution in [0.1, 0.15) is 136 Å². The molecule has 12 nitrogen and oxygen atoms in total. The van der Waals surface area contributed by atoms with Gasteiger partial charge in [0, 0.05) is 38.2 Å². The first-order valence-electron chi connectivity index (χ1n) is 30.4. The van der Waals surface area contributed by atoms with E-state index >= 15 is 0 Å². The van der Waals surface area contributed by atoms with Crippen molar-refractivity contribution in [3.8, 4) is 11.5 Å². The van der Waals surface area contributed by atoms with Gasteiger partial charge in [-0.1, -0.05) is 143 Å². The second kappa shape index (κ2) is 26.0. The van der Waals surface area contributed by atoms with Gasteiger partial charge in [0.1, 0.15) is 23.7 Å². The molecule has 5 aliphatic rings. The maximum absolute atomic E-state index is 12.0. The molecule has 0 saturated carbocycles. The molecular formula is C69H92O12Si. The first-order chi connectivity index (χ1) is 39.4. The van der Waals surface area contributed by atoms with E-state index in [-0.39, 0.29) is 53.7 Å². The number of hydrogen-bond acceptors (Lipinski definition) is 12. The lowest BCUT2D eigenvalue weighted by atomic mass is 9.88. The lowest BCUT2D eigenvalue weighted by molar-refractivity contribution is -0.280. The average molecular weight is 1140 g/mol. The van der Waals surface area contributed by atoms with E-state index in [2.05, 4.69) is 121 Å². The zero-order valence-corrected chi connectivity index (χ0v) is 51.2. The number of hydrogen-bond donors (Lipinski definition) is 1. The van der Waals surface area contributed by atoms with Crippen molar-refractivity contribution < 1.29 is 56.9 Å². The zero-order chi connectivity index (χ0) is 57.6. The Labute approximate surface area is 489 Å². The van der Waals surface area contributed by atoms with E-state index in [4.69, 9.17) is 51.8 Å². The summed E-state index contributed by atoms with van der Waals surface area (Å²) in [6.45, 7) is 18.2. The van der Waals surface area contributed by atoms with Gasteiger partial charge in [-0.25, -0.2) is 0 Å². The highest BCUT2D eigenvalue weighted by Gasteiger charge is 2.63. The van der Waals surface area contributed by atoms with Crippen LogP contribution >= 0.6 is 0 Å². The Morgan fingerprint density at radius 3 is 1.89 bits per heavy atom.